The number of benzene rings is 2. The third-order valence-corrected chi connectivity index (χ3v) is 2.34. The minimum absolute atomic E-state index is 0.249. The number of carbonyl (C=O) groups is 2. The number of anilines is 2. The summed E-state index contributed by atoms with van der Waals surface area (Å²) in [7, 11) is 0. The van der Waals surface area contributed by atoms with Crippen LogP contribution in [0.15, 0.2) is 48.5 Å². The summed E-state index contributed by atoms with van der Waals surface area (Å²) in [5.41, 5.74) is 12.0. The molecule has 0 amide bonds. The first kappa shape index (κ1) is 20.6. The quantitative estimate of drug-likeness (QED) is 0.365. The van der Waals surface area contributed by atoms with Crippen molar-refractivity contribution < 1.29 is 30.0 Å². The number of aromatic hydroxyl groups is 2. The molecule has 0 spiro atoms. The number of hydrogen-bond acceptors (Lipinski definition) is 6. The number of rotatable bonds is 3. The van der Waals surface area contributed by atoms with Gasteiger partial charge in [0.25, 0.3) is 0 Å². The second-order valence-corrected chi connectivity index (χ2v) is 4.47. The fourth-order valence-corrected chi connectivity index (χ4v) is 1.16. The van der Waals surface area contributed by atoms with Crippen molar-refractivity contribution >= 4 is 23.3 Å². The first-order valence-corrected chi connectivity index (χ1v) is 6.73. The van der Waals surface area contributed by atoms with Crippen molar-refractivity contribution in [1.82, 2.24) is 0 Å². The van der Waals surface area contributed by atoms with Crippen LogP contribution in [0.3, 0.4) is 0 Å². The van der Waals surface area contributed by atoms with E-state index in [2.05, 4.69) is 0 Å². The molecule has 0 atom stereocenters. The molecule has 0 heterocycles. The highest BCUT2D eigenvalue weighted by atomic mass is 16.4. The van der Waals surface area contributed by atoms with E-state index >= 15 is 0 Å². The molecule has 2 rings (SSSR count). The minimum atomic E-state index is -1.08. The lowest BCUT2D eigenvalue weighted by molar-refractivity contribution is -0.143. The molecule has 8 N–H and O–H groups in total. The number of nitrogens with two attached hydrogens (primary N) is 2. The fraction of sp³-hybridized carbons (Fsp3) is 0.125. The Kier molecular flexibility index (Phi) is 9.59. The highest BCUT2D eigenvalue weighted by Gasteiger charge is 2.00. The van der Waals surface area contributed by atoms with E-state index in [1.165, 1.54) is 0 Å². The van der Waals surface area contributed by atoms with Crippen LogP contribution in [0.1, 0.15) is 12.8 Å². The van der Waals surface area contributed by atoms with Crippen molar-refractivity contribution in [1.29, 1.82) is 0 Å². The third kappa shape index (κ3) is 12.3. The van der Waals surface area contributed by atoms with Gasteiger partial charge >= 0.3 is 11.9 Å². The van der Waals surface area contributed by atoms with Crippen LogP contribution in [0.25, 0.3) is 0 Å². The van der Waals surface area contributed by atoms with E-state index < -0.39 is 11.9 Å². The number of nitrogen functional groups attached to an aromatic ring is 2. The number of carboxylic acid groups (broad SMARTS) is 2. The van der Waals surface area contributed by atoms with E-state index in [0.717, 1.165) is 0 Å². The summed E-state index contributed by atoms with van der Waals surface area (Å²) in [4.78, 5) is 19.3. The Hall–Kier alpha value is -3.42. The van der Waals surface area contributed by atoms with Crippen LogP contribution < -0.4 is 11.5 Å². The van der Waals surface area contributed by atoms with Gasteiger partial charge in [0.15, 0.2) is 0 Å². The maximum absolute atomic E-state index is 9.64. The standard InChI is InChI=1S/2C6H7NO.C4H6O4/c2*7-5-1-3-6(8)4-2-5;5-3(6)1-2-4(7)8/h2*1-4,8H,7H2;1-2H2,(H,5,6)(H,7,8). The zero-order valence-corrected chi connectivity index (χ0v) is 12.8. The maximum atomic E-state index is 9.64. The number of hydrogen-bond donors (Lipinski definition) is 6. The van der Waals surface area contributed by atoms with Crippen LogP contribution in [0, 0.1) is 0 Å². The Bertz CT molecular complexity index is 527. The van der Waals surface area contributed by atoms with Gasteiger partial charge in [-0.1, -0.05) is 0 Å². The van der Waals surface area contributed by atoms with Gasteiger partial charge in [0.05, 0.1) is 12.8 Å². The topological polar surface area (TPSA) is 167 Å². The van der Waals surface area contributed by atoms with Crippen LogP contribution in [-0.4, -0.2) is 32.4 Å². The number of carboxylic acids is 2. The van der Waals surface area contributed by atoms with Crippen molar-refractivity contribution in [2.75, 3.05) is 11.5 Å². The van der Waals surface area contributed by atoms with Gasteiger partial charge in [0.2, 0.25) is 0 Å². The Morgan fingerprint density at radius 1 is 0.667 bits per heavy atom. The van der Waals surface area contributed by atoms with E-state index in [-0.39, 0.29) is 24.3 Å². The fourth-order valence-electron chi connectivity index (χ4n) is 1.16. The first-order chi connectivity index (χ1) is 11.2. The van der Waals surface area contributed by atoms with Gasteiger partial charge in [-0.25, -0.2) is 0 Å². The molecular formula is C16H20N2O6. The predicted octanol–water partition coefficient (Wildman–Crippen LogP) is 1.88. The molecule has 0 aliphatic heterocycles. The third-order valence-electron chi connectivity index (χ3n) is 2.34. The molecule has 8 heteroatoms. The Balaban J connectivity index is 0.000000331. The lowest BCUT2D eigenvalue weighted by atomic mass is 10.3. The molecular weight excluding hydrogens is 316 g/mol. The smallest absolute Gasteiger partial charge is 0.303 e. The molecule has 2 aromatic carbocycles. The molecule has 0 saturated heterocycles. The molecule has 0 saturated carbocycles. The largest absolute Gasteiger partial charge is 0.508 e. The van der Waals surface area contributed by atoms with Crippen molar-refractivity contribution in [3.8, 4) is 11.5 Å². The highest BCUT2D eigenvalue weighted by molar-refractivity contribution is 5.75. The van der Waals surface area contributed by atoms with E-state index in [1.54, 1.807) is 48.5 Å². The number of phenolic OH excluding ortho intramolecular Hbond substituents is 2. The maximum Gasteiger partial charge on any atom is 0.303 e. The van der Waals surface area contributed by atoms with Crippen molar-refractivity contribution in [3.05, 3.63) is 48.5 Å². The summed E-state index contributed by atoms with van der Waals surface area (Å²) in [5, 5.41) is 33.2. The van der Waals surface area contributed by atoms with E-state index in [4.69, 9.17) is 31.9 Å². The first-order valence-electron chi connectivity index (χ1n) is 6.73. The summed E-state index contributed by atoms with van der Waals surface area (Å²) >= 11 is 0. The van der Waals surface area contributed by atoms with E-state index in [9.17, 15) is 9.59 Å². The van der Waals surface area contributed by atoms with Crippen molar-refractivity contribution in [2.45, 2.75) is 12.8 Å². The van der Waals surface area contributed by atoms with Crippen molar-refractivity contribution in [2.24, 2.45) is 0 Å². The second kappa shape index (κ2) is 11.2. The monoisotopic (exact) mass is 336 g/mol. The summed E-state index contributed by atoms with van der Waals surface area (Å²) in [6, 6.07) is 12.8. The second-order valence-electron chi connectivity index (χ2n) is 4.47. The van der Waals surface area contributed by atoms with Gasteiger partial charge in [-0.3, -0.25) is 9.59 Å². The van der Waals surface area contributed by atoms with Crippen LogP contribution >= 0.6 is 0 Å². The van der Waals surface area contributed by atoms with Crippen LogP contribution in [0.4, 0.5) is 11.4 Å². The molecule has 24 heavy (non-hydrogen) atoms. The van der Waals surface area contributed by atoms with Gasteiger partial charge in [-0.2, -0.15) is 0 Å². The molecule has 0 unspecified atom stereocenters. The molecule has 0 aromatic heterocycles. The predicted molar refractivity (Wildman–Crippen MR) is 89.5 cm³/mol. The van der Waals surface area contributed by atoms with Gasteiger partial charge in [-0.05, 0) is 48.5 Å². The summed E-state index contributed by atoms with van der Waals surface area (Å²) in [5.74, 6) is -1.65. The zero-order chi connectivity index (χ0) is 18.5. The number of aliphatic carboxylic acids is 2. The molecule has 0 radical (unpaired) electrons. The molecule has 2 aromatic rings. The normalized spacial score (nSPS) is 8.83. The zero-order valence-electron chi connectivity index (χ0n) is 12.8. The lowest BCUT2D eigenvalue weighted by Crippen LogP contribution is -2.00. The minimum Gasteiger partial charge on any atom is -0.508 e. The van der Waals surface area contributed by atoms with E-state index in [1.807, 2.05) is 0 Å². The van der Waals surface area contributed by atoms with Crippen LogP contribution in [-0.2, 0) is 9.59 Å². The molecule has 0 aliphatic carbocycles. The molecule has 8 nitrogen and oxygen atoms in total. The Labute approximate surface area is 138 Å². The summed E-state index contributed by atoms with van der Waals surface area (Å²) in [6.45, 7) is 0. The van der Waals surface area contributed by atoms with E-state index in [0.29, 0.717) is 11.4 Å². The summed E-state index contributed by atoms with van der Waals surface area (Å²) < 4.78 is 0. The average molecular weight is 336 g/mol. The molecule has 0 bridgehead atoms. The van der Waals surface area contributed by atoms with Crippen LogP contribution in [0.5, 0.6) is 11.5 Å². The summed E-state index contributed by atoms with van der Waals surface area (Å²) in [6.07, 6.45) is -0.593. The van der Waals surface area contributed by atoms with Gasteiger partial charge in [0, 0.05) is 11.4 Å². The molecule has 0 aliphatic rings. The van der Waals surface area contributed by atoms with Gasteiger partial charge in [0.1, 0.15) is 11.5 Å². The van der Waals surface area contributed by atoms with Gasteiger partial charge in [-0.15, -0.1) is 0 Å². The van der Waals surface area contributed by atoms with Crippen molar-refractivity contribution in [3.63, 3.8) is 0 Å². The van der Waals surface area contributed by atoms with Gasteiger partial charge < -0.3 is 31.9 Å². The molecule has 130 valence electrons. The van der Waals surface area contributed by atoms with Crippen LogP contribution in [0.2, 0.25) is 0 Å². The lowest BCUT2D eigenvalue weighted by Gasteiger charge is -1.89. The Morgan fingerprint density at radius 3 is 1.08 bits per heavy atom. The highest BCUT2D eigenvalue weighted by Crippen LogP contribution is 2.10. The number of phenols is 2. The molecule has 0 fully saturated rings. The Morgan fingerprint density at radius 2 is 0.917 bits per heavy atom. The average Bonchev–Trinajstić information content (AvgIpc) is 2.52. The SMILES string of the molecule is Nc1ccc(O)cc1.Nc1ccc(O)cc1.O=C(O)CCC(=O)O.